The van der Waals surface area contributed by atoms with Crippen LogP contribution >= 0.6 is 0 Å². The lowest BCUT2D eigenvalue weighted by Gasteiger charge is -2.12. The maximum absolute atomic E-state index is 5.41. The van der Waals surface area contributed by atoms with Crippen molar-refractivity contribution >= 4 is 11.9 Å². The SMILES string of the molecule is CN1CCC(CNc2nc(NN)nc(-n3cccn3)n2)C1. The molecule has 2 aromatic rings. The fourth-order valence-electron chi connectivity index (χ4n) is 2.43. The van der Waals surface area contributed by atoms with Crippen molar-refractivity contribution in [1.29, 1.82) is 0 Å². The summed E-state index contributed by atoms with van der Waals surface area (Å²) in [6, 6.07) is 1.81. The Hall–Kier alpha value is -2.26. The first-order valence-corrected chi connectivity index (χ1v) is 6.89. The van der Waals surface area contributed by atoms with Gasteiger partial charge in [-0.2, -0.15) is 20.1 Å². The molecule has 3 rings (SSSR count). The smallest absolute Gasteiger partial charge is 0.257 e. The van der Waals surface area contributed by atoms with Gasteiger partial charge in [0.25, 0.3) is 5.95 Å². The van der Waals surface area contributed by atoms with Crippen LogP contribution in [-0.4, -0.2) is 56.3 Å². The second-order valence-corrected chi connectivity index (χ2v) is 5.18. The minimum absolute atomic E-state index is 0.307. The quantitative estimate of drug-likeness (QED) is 0.508. The van der Waals surface area contributed by atoms with Crippen LogP contribution in [0.1, 0.15) is 6.42 Å². The molecule has 4 N–H and O–H groups in total. The number of hydrogen-bond donors (Lipinski definition) is 3. The van der Waals surface area contributed by atoms with Crippen molar-refractivity contribution in [2.75, 3.05) is 37.4 Å². The topological polar surface area (TPSA) is 110 Å². The molecular formula is C12H19N9. The fraction of sp³-hybridized carbons (Fsp3) is 0.500. The van der Waals surface area contributed by atoms with Crippen LogP contribution in [0.25, 0.3) is 5.95 Å². The summed E-state index contributed by atoms with van der Waals surface area (Å²) in [4.78, 5) is 15.1. The third-order valence-electron chi connectivity index (χ3n) is 3.50. The highest BCUT2D eigenvalue weighted by Gasteiger charge is 2.19. The normalized spacial score (nSPS) is 18.9. The monoisotopic (exact) mass is 289 g/mol. The van der Waals surface area contributed by atoms with Crippen molar-refractivity contribution in [2.45, 2.75) is 6.42 Å². The van der Waals surface area contributed by atoms with E-state index in [0.29, 0.717) is 23.8 Å². The van der Waals surface area contributed by atoms with Crippen molar-refractivity contribution in [2.24, 2.45) is 11.8 Å². The number of anilines is 2. The van der Waals surface area contributed by atoms with Crippen LogP contribution in [0.2, 0.25) is 0 Å². The lowest BCUT2D eigenvalue weighted by atomic mass is 10.1. The summed E-state index contributed by atoms with van der Waals surface area (Å²) < 4.78 is 1.57. The number of nitrogen functional groups attached to an aromatic ring is 1. The summed E-state index contributed by atoms with van der Waals surface area (Å²) in [5.74, 6) is 7.25. The standard InChI is InChI=1S/C12H19N9/c1-20-6-3-9(8-20)7-14-10-16-11(19-13)18-12(17-10)21-5-2-4-15-21/h2,4-5,9H,3,6-8,13H2,1H3,(H2,14,16,17,18,19). The van der Waals surface area contributed by atoms with E-state index in [-0.39, 0.29) is 0 Å². The molecule has 1 saturated heterocycles. The Morgan fingerprint density at radius 1 is 1.33 bits per heavy atom. The summed E-state index contributed by atoms with van der Waals surface area (Å²) in [6.07, 6.45) is 4.62. The number of rotatable bonds is 5. The van der Waals surface area contributed by atoms with E-state index in [1.54, 1.807) is 23.1 Å². The van der Waals surface area contributed by atoms with Gasteiger partial charge in [-0.1, -0.05) is 0 Å². The molecule has 0 saturated carbocycles. The van der Waals surface area contributed by atoms with Gasteiger partial charge in [-0.3, -0.25) is 5.43 Å². The zero-order chi connectivity index (χ0) is 14.7. The van der Waals surface area contributed by atoms with Crippen molar-refractivity contribution in [1.82, 2.24) is 29.6 Å². The Morgan fingerprint density at radius 2 is 2.19 bits per heavy atom. The number of nitrogens with two attached hydrogens (primary N) is 1. The minimum atomic E-state index is 0.307. The molecule has 0 spiro atoms. The first-order valence-electron chi connectivity index (χ1n) is 6.89. The molecule has 3 heterocycles. The van der Waals surface area contributed by atoms with Gasteiger partial charge < -0.3 is 10.2 Å². The van der Waals surface area contributed by atoms with Crippen molar-refractivity contribution < 1.29 is 0 Å². The highest BCUT2D eigenvalue weighted by Crippen LogP contribution is 2.15. The Labute approximate surface area is 122 Å². The van der Waals surface area contributed by atoms with Gasteiger partial charge in [0.15, 0.2) is 0 Å². The van der Waals surface area contributed by atoms with Crippen LogP contribution in [0, 0.1) is 5.92 Å². The predicted octanol–water partition coefficient (Wildman–Crippen LogP) is -0.293. The second kappa shape index (κ2) is 6.02. The number of hydrogen-bond acceptors (Lipinski definition) is 8. The third kappa shape index (κ3) is 3.26. The molecule has 1 fully saturated rings. The largest absolute Gasteiger partial charge is 0.354 e. The van der Waals surface area contributed by atoms with Gasteiger partial charge in [0.1, 0.15) is 0 Å². The molecule has 1 aliphatic heterocycles. The lowest BCUT2D eigenvalue weighted by Crippen LogP contribution is -2.21. The summed E-state index contributed by atoms with van der Waals surface area (Å²) in [7, 11) is 2.13. The zero-order valence-electron chi connectivity index (χ0n) is 11.9. The van der Waals surface area contributed by atoms with Crippen molar-refractivity contribution in [3.63, 3.8) is 0 Å². The van der Waals surface area contributed by atoms with E-state index < -0.39 is 0 Å². The van der Waals surface area contributed by atoms with Crippen molar-refractivity contribution in [3.8, 4) is 5.95 Å². The molecule has 0 aliphatic carbocycles. The summed E-state index contributed by atoms with van der Waals surface area (Å²) in [6.45, 7) is 3.06. The third-order valence-corrected chi connectivity index (χ3v) is 3.50. The molecule has 1 atom stereocenters. The lowest BCUT2D eigenvalue weighted by molar-refractivity contribution is 0.399. The Bertz CT molecular complexity index is 582. The highest BCUT2D eigenvalue weighted by atomic mass is 15.4. The van der Waals surface area contributed by atoms with Crippen LogP contribution in [0.5, 0.6) is 0 Å². The molecule has 2 aromatic heterocycles. The van der Waals surface area contributed by atoms with E-state index in [9.17, 15) is 0 Å². The number of nitrogens with zero attached hydrogens (tertiary/aromatic N) is 6. The Morgan fingerprint density at radius 3 is 2.86 bits per heavy atom. The predicted molar refractivity (Wildman–Crippen MR) is 78.9 cm³/mol. The van der Waals surface area contributed by atoms with Gasteiger partial charge in [-0.25, -0.2) is 10.5 Å². The van der Waals surface area contributed by atoms with Crippen LogP contribution in [0.15, 0.2) is 18.5 Å². The van der Waals surface area contributed by atoms with Crippen LogP contribution in [0.4, 0.5) is 11.9 Å². The maximum atomic E-state index is 5.41. The summed E-state index contributed by atoms with van der Waals surface area (Å²) in [5, 5.41) is 7.37. The van der Waals surface area contributed by atoms with E-state index in [4.69, 9.17) is 5.84 Å². The van der Waals surface area contributed by atoms with E-state index in [2.05, 4.69) is 42.7 Å². The molecule has 0 bridgehead atoms. The molecule has 9 nitrogen and oxygen atoms in total. The van der Waals surface area contributed by atoms with Crippen LogP contribution < -0.4 is 16.6 Å². The summed E-state index contributed by atoms with van der Waals surface area (Å²) in [5.41, 5.74) is 2.45. The molecule has 21 heavy (non-hydrogen) atoms. The fourth-order valence-corrected chi connectivity index (χ4v) is 2.43. The molecule has 0 amide bonds. The molecule has 0 aromatic carbocycles. The van der Waals surface area contributed by atoms with E-state index in [1.165, 1.54) is 6.42 Å². The molecule has 1 unspecified atom stereocenters. The molecule has 9 heteroatoms. The zero-order valence-corrected chi connectivity index (χ0v) is 11.9. The second-order valence-electron chi connectivity index (χ2n) is 5.18. The first kappa shape index (κ1) is 13.7. The average Bonchev–Trinajstić information content (AvgIpc) is 3.16. The Balaban J connectivity index is 1.73. The van der Waals surface area contributed by atoms with Gasteiger partial charge in [0, 0.05) is 25.5 Å². The number of hydrazine groups is 1. The highest BCUT2D eigenvalue weighted by molar-refractivity contribution is 5.36. The number of likely N-dealkylation sites (tertiary alicyclic amines) is 1. The first-order chi connectivity index (χ1) is 10.2. The molecular weight excluding hydrogens is 270 g/mol. The van der Waals surface area contributed by atoms with Crippen LogP contribution in [0.3, 0.4) is 0 Å². The maximum Gasteiger partial charge on any atom is 0.257 e. The van der Waals surface area contributed by atoms with Gasteiger partial charge in [-0.05, 0) is 32.0 Å². The van der Waals surface area contributed by atoms with Crippen LogP contribution in [-0.2, 0) is 0 Å². The van der Waals surface area contributed by atoms with Gasteiger partial charge >= 0.3 is 0 Å². The van der Waals surface area contributed by atoms with Gasteiger partial charge in [0.2, 0.25) is 11.9 Å². The summed E-state index contributed by atoms with van der Waals surface area (Å²) >= 11 is 0. The molecule has 112 valence electrons. The van der Waals surface area contributed by atoms with E-state index in [0.717, 1.165) is 19.6 Å². The number of aromatic nitrogens is 5. The molecule has 0 radical (unpaired) electrons. The average molecular weight is 289 g/mol. The molecule has 1 aliphatic rings. The van der Waals surface area contributed by atoms with Crippen molar-refractivity contribution in [3.05, 3.63) is 18.5 Å². The van der Waals surface area contributed by atoms with E-state index >= 15 is 0 Å². The van der Waals surface area contributed by atoms with Gasteiger partial charge in [-0.15, -0.1) is 0 Å². The van der Waals surface area contributed by atoms with Gasteiger partial charge in [0.05, 0.1) is 0 Å². The number of nitrogens with one attached hydrogen (secondary N) is 2. The van der Waals surface area contributed by atoms with E-state index in [1.807, 2.05) is 0 Å². The minimum Gasteiger partial charge on any atom is -0.354 e. The Kier molecular flexibility index (Phi) is 3.93.